The van der Waals surface area contributed by atoms with Crippen LogP contribution < -0.4 is 5.43 Å². The van der Waals surface area contributed by atoms with E-state index in [9.17, 15) is 14.0 Å². The molecule has 0 fully saturated rings. The number of fused-ring (bicyclic) bond motifs is 1. The van der Waals surface area contributed by atoms with E-state index in [-0.39, 0.29) is 24.7 Å². The van der Waals surface area contributed by atoms with Crippen LogP contribution in [0.15, 0.2) is 23.1 Å². The SMILES string of the molecule is CCCCCOCn1cc(C(=O)OCC)c(=O)c2cc(CC)c(F)cc21. The molecule has 142 valence electrons. The quantitative estimate of drug-likeness (QED) is 0.498. The molecule has 0 radical (unpaired) electrons. The Kier molecular flexibility index (Phi) is 7.33. The number of aromatic nitrogens is 1. The summed E-state index contributed by atoms with van der Waals surface area (Å²) in [7, 11) is 0. The second kappa shape index (κ2) is 9.48. The average Bonchev–Trinajstić information content (AvgIpc) is 2.63. The van der Waals surface area contributed by atoms with Gasteiger partial charge in [-0.05, 0) is 37.5 Å². The number of hydrogen-bond donors (Lipinski definition) is 0. The predicted octanol–water partition coefficient (Wildman–Crippen LogP) is 4.04. The third kappa shape index (κ3) is 4.49. The van der Waals surface area contributed by atoms with Gasteiger partial charge in [0, 0.05) is 18.2 Å². The lowest BCUT2D eigenvalue weighted by molar-refractivity contribution is 0.0520. The summed E-state index contributed by atoms with van der Waals surface area (Å²) in [4.78, 5) is 24.9. The maximum Gasteiger partial charge on any atom is 0.343 e. The van der Waals surface area contributed by atoms with Gasteiger partial charge in [0.15, 0.2) is 0 Å². The number of carbonyl (C=O) groups is 1. The number of nitrogens with zero attached hydrogens (tertiary/aromatic N) is 1. The monoisotopic (exact) mass is 363 g/mol. The first-order valence-corrected chi connectivity index (χ1v) is 9.13. The Balaban J connectivity index is 2.49. The van der Waals surface area contributed by atoms with Gasteiger partial charge in [0.25, 0.3) is 0 Å². The number of esters is 1. The molecule has 0 aliphatic carbocycles. The molecule has 0 bridgehead atoms. The van der Waals surface area contributed by atoms with E-state index in [2.05, 4.69) is 6.92 Å². The van der Waals surface area contributed by atoms with Crippen LogP contribution in [0.2, 0.25) is 0 Å². The molecule has 0 N–H and O–H groups in total. The number of benzene rings is 1. The number of ether oxygens (including phenoxy) is 2. The number of unbranched alkanes of at least 4 members (excludes halogenated alkanes) is 2. The predicted molar refractivity (Wildman–Crippen MR) is 99.0 cm³/mol. The molecule has 0 spiro atoms. The normalized spacial score (nSPS) is 11.1. The molecule has 1 aromatic carbocycles. The van der Waals surface area contributed by atoms with Gasteiger partial charge in [-0.2, -0.15) is 0 Å². The van der Waals surface area contributed by atoms with Gasteiger partial charge >= 0.3 is 5.97 Å². The van der Waals surface area contributed by atoms with Crippen molar-refractivity contribution in [3.8, 4) is 0 Å². The first-order chi connectivity index (χ1) is 12.5. The lowest BCUT2D eigenvalue weighted by atomic mass is 10.1. The average molecular weight is 363 g/mol. The van der Waals surface area contributed by atoms with Crippen molar-refractivity contribution in [2.45, 2.75) is 53.2 Å². The lowest BCUT2D eigenvalue weighted by Crippen LogP contribution is -2.22. The minimum Gasteiger partial charge on any atom is -0.462 e. The second-order valence-electron chi connectivity index (χ2n) is 6.12. The largest absolute Gasteiger partial charge is 0.462 e. The van der Waals surface area contributed by atoms with Crippen molar-refractivity contribution in [1.29, 1.82) is 0 Å². The molecule has 0 aliphatic heterocycles. The zero-order chi connectivity index (χ0) is 19.1. The third-order valence-corrected chi connectivity index (χ3v) is 4.25. The second-order valence-corrected chi connectivity index (χ2v) is 6.12. The van der Waals surface area contributed by atoms with E-state index in [4.69, 9.17) is 9.47 Å². The number of aryl methyl sites for hydroxylation is 1. The van der Waals surface area contributed by atoms with Crippen LogP contribution in [0.1, 0.15) is 56.0 Å². The summed E-state index contributed by atoms with van der Waals surface area (Å²) in [5.41, 5.74) is 0.333. The van der Waals surface area contributed by atoms with Crippen molar-refractivity contribution in [2.24, 2.45) is 0 Å². The van der Waals surface area contributed by atoms with Crippen molar-refractivity contribution < 1.29 is 18.7 Å². The highest BCUT2D eigenvalue weighted by Crippen LogP contribution is 2.19. The van der Waals surface area contributed by atoms with Crippen LogP contribution >= 0.6 is 0 Å². The van der Waals surface area contributed by atoms with Gasteiger partial charge in [-0.1, -0.05) is 26.7 Å². The van der Waals surface area contributed by atoms with Crippen LogP contribution in [0, 0.1) is 5.82 Å². The summed E-state index contributed by atoms with van der Waals surface area (Å²) in [6.45, 7) is 6.47. The highest BCUT2D eigenvalue weighted by molar-refractivity contribution is 5.94. The van der Waals surface area contributed by atoms with Crippen LogP contribution in [0.4, 0.5) is 4.39 Å². The fourth-order valence-corrected chi connectivity index (χ4v) is 2.81. The molecule has 0 amide bonds. The Labute approximate surface area is 152 Å². The standard InChI is InChI=1S/C20H26FNO4/c1-4-7-8-9-25-13-22-12-16(20(24)26-6-3)19(23)15-10-14(5-2)17(21)11-18(15)22/h10-12H,4-9,13H2,1-3H3. The van der Waals surface area contributed by atoms with Crippen LogP contribution in [0.3, 0.4) is 0 Å². The molecule has 1 heterocycles. The number of carbonyl (C=O) groups excluding carboxylic acids is 1. The number of rotatable bonds is 9. The van der Waals surface area contributed by atoms with Crippen LogP contribution in [0.25, 0.3) is 10.9 Å². The molecule has 6 heteroatoms. The van der Waals surface area contributed by atoms with E-state index in [1.807, 2.05) is 6.92 Å². The van der Waals surface area contributed by atoms with E-state index >= 15 is 0 Å². The molecule has 0 saturated carbocycles. The third-order valence-electron chi connectivity index (χ3n) is 4.25. The Morgan fingerprint density at radius 3 is 2.62 bits per heavy atom. The highest BCUT2D eigenvalue weighted by Gasteiger charge is 2.18. The maximum atomic E-state index is 14.3. The Bertz CT molecular complexity index is 829. The van der Waals surface area contributed by atoms with Crippen LogP contribution in [-0.4, -0.2) is 23.8 Å². The van der Waals surface area contributed by atoms with E-state index in [1.54, 1.807) is 11.5 Å². The van der Waals surface area contributed by atoms with Crippen molar-refractivity contribution >= 4 is 16.9 Å². The minimum atomic E-state index is -0.679. The topological polar surface area (TPSA) is 57.5 Å². The van der Waals surface area contributed by atoms with Gasteiger partial charge in [0.2, 0.25) is 5.43 Å². The Hall–Kier alpha value is -2.21. The molecule has 2 rings (SSSR count). The summed E-state index contributed by atoms with van der Waals surface area (Å²) in [5, 5.41) is 0.297. The van der Waals surface area contributed by atoms with E-state index in [0.29, 0.717) is 29.5 Å². The molecule has 0 atom stereocenters. The lowest BCUT2D eigenvalue weighted by Gasteiger charge is -2.15. The maximum absolute atomic E-state index is 14.3. The molecular weight excluding hydrogens is 337 g/mol. The van der Waals surface area contributed by atoms with Crippen molar-refractivity contribution in [3.05, 3.63) is 45.5 Å². The van der Waals surface area contributed by atoms with Crippen LogP contribution in [0.5, 0.6) is 0 Å². The van der Waals surface area contributed by atoms with E-state index in [1.165, 1.54) is 18.3 Å². The van der Waals surface area contributed by atoms with Gasteiger partial charge in [0.1, 0.15) is 18.1 Å². The van der Waals surface area contributed by atoms with E-state index < -0.39 is 11.4 Å². The zero-order valence-corrected chi connectivity index (χ0v) is 15.6. The summed E-state index contributed by atoms with van der Waals surface area (Å²) in [6, 6.07) is 2.85. The van der Waals surface area contributed by atoms with Crippen LogP contribution in [-0.2, 0) is 22.6 Å². The van der Waals surface area contributed by atoms with Gasteiger partial charge in [-0.25, -0.2) is 9.18 Å². The molecule has 1 aromatic heterocycles. The highest BCUT2D eigenvalue weighted by atomic mass is 19.1. The fourth-order valence-electron chi connectivity index (χ4n) is 2.81. The molecule has 5 nitrogen and oxygen atoms in total. The first-order valence-electron chi connectivity index (χ1n) is 9.13. The molecule has 26 heavy (non-hydrogen) atoms. The smallest absolute Gasteiger partial charge is 0.343 e. The number of hydrogen-bond acceptors (Lipinski definition) is 4. The van der Waals surface area contributed by atoms with Crippen molar-refractivity contribution in [3.63, 3.8) is 0 Å². The number of pyridine rings is 1. The summed E-state index contributed by atoms with van der Waals surface area (Å²) < 4.78 is 26.5. The fraction of sp³-hybridized carbons (Fsp3) is 0.500. The Morgan fingerprint density at radius 1 is 1.19 bits per heavy atom. The van der Waals surface area contributed by atoms with E-state index in [0.717, 1.165) is 19.3 Å². The van der Waals surface area contributed by atoms with Crippen molar-refractivity contribution in [1.82, 2.24) is 4.57 Å². The molecule has 0 aliphatic rings. The van der Waals surface area contributed by atoms with Gasteiger partial charge in [-0.15, -0.1) is 0 Å². The van der Waals surface area contributed by atoms with Crippen molar-refractivity contribution in [2.75, 3.05) is 13.2 Å². The molecule has 0 saturated heterocycles. The summed E-state index contributed by atoms with van der Waals surface area (Å²) in [6.07, 6.45) is 4.93. The van der Waals surface area contributed by atoms with Gasteiger partial charge in [-0.3, -0.25) is 4.79 Å². The van der Waals surface area contributed by atoms with Gasteiger partial charge < -0.3 is 14.0 Å². The summed E-state index contributed by atoms with van der Waals surface area (Å²) in [5.74, 6) is -1.05. The molecule has 2 aromatic rings. The number of halogens is 1. The summed E-state index contributed by atoms with van der Waals surface area (Å²) >= 11 is 0. The minimum absolute atomic E-state index is 0.0647. The first kappa shape index (κ1) is 20.1. The molecular formula is C20H26FNO4. The molecule has 0 unspecified atom stereocenters. The zero-order valence-electron chi connectivity index (χ0n) is 15.6. The van der Waals surface area contributed by atoms with Gasteiger partial charge in [0.05, 0.1) is 12.1 Å². The Morgan fingerprint density at radius 2 is 1.96 bits per heavy atom.